The maximum Gasteiger partial charge on any atom is 0.0615 e. The third kappa shape index (κ3) is 2.74. The molecule has 0 aliphatic carbocycles. The number of hydrogen-bond donors (Lipinski definition) is 0. The summed E-state index contributed by atoms with van der Waals surface area (Å²) in [4.78, 5) is 0.425. The lowest BCUT2D eigenvalue weighted by molar-refractivity contribution is 0.0873. The van der Waals surface area contributed by atoms with Crippen molar-refractivity contribution in [2.75, 3.05) is 6.61 Å². The van der Waals surface area contributed by atoms with Gasteiger partial charge in [0.15, 0.2) is 0 Å². The van der Waals surface area contributed by atoms with Gasteiger partial charge in [0.1, 0.15) is 0 Å². The van der Waals surface area contributed by atoms with E-state index in [0.717, 1.165) is 13.0 Å². The highest BCUT2D eigenvalue weighted by Gasteiger charge is 2.33. The molecule has 0 amide bonds. The molecule has 0 bridgehead atoms. The fraction of sp³-hybridized carbons (Fsp3) is 0.600. The molecule has 1 nitrogen and oxygen atoms in total. The summed E-state index contributed by atoms with van der Waals surface area (Å²) < 4.78 is 5.78. The number of aryl methyl sites for hydroxylation is 2. The molecule has 2 rings (SSSR count). The van der Waals surface area contributed by atoms with Crippen LogP contribution >= 0.6 is 15.9 Å². The second kappa shape index (κ2) is 5.53. The van der Waals surface area contributed by atoms with Crippen LogP contribution in [0.5, 0.6) is 0 Å². The second-order valence-electron chi connectivity index (χ2n) is 5.02. The van der Waals surface area contributed by atoms with Crippen molar-refractivity contribution in [2.24, 2.45) is 5.92 Å². The maximum absolute atomic E-state index is 5.78. The van der Waals surface area contributed by atoms with Gasteiger partial charge in [0.2, 0.25) is 0 Å². The molecule has 3 unspecified atom stereocenters. The Bertz CT molecular complexity index is 389. The number of halogens is 1. The maximum atomic E-state index is 5.78. The molecular weight excluding hydrogens is 276 g/mol. The van der Waals surface area contributed by atoms with Gasteiger partial charge in [-0.25, -0.2) is 0 Å². The summed E-state index contributed by atoms with van der Waals surface area (Å²) in [5, 5.41) is 0. The lowest BCUT2D eigenvalue weighted by atomic mass is 9.90. The lowest BCUT2D eigenvalue weighted by Crippen LogP contribution is -2.19. The Kier molecular flexibility index (Phi) is 4.26. The van der Waals surface area contributed by atoms with Gasteiger partial charge in [0.25, 0.3) is 0 Å². The molecule has 94 valence electrons. The third-order valence-corrected chi connectivity index (χ3v) is 5.10. The van der Waals surface area contributed by atoms with E-state index >= 15 is 0 Å². The topological polar surface area (TPSA) is 9.23 Å². The number of alkyl halides is 1. The largest absolute Gasteiger partial charge is 0.378 e. The highest BCUT2D eigenvalue weighted by molar-refractivity contribution is 9.09. The van der Waals surface area contributed by atoms with Gasteiger partial charge < -0.3 is 4.74 Å². The average Bonchev–Trinajstić information content (AvgIpc) is 2.80. The zero-order valence-corrected chi connectivity index (χ0v) is 12.5. The second-order valence-corrected chi connectivity index (χ2v) is 6.00. The molecule has 3 atom stereocenters. The monoisotopic (exact) mass is 296 g/mol. The molecule has 0 saturated carbocycles. The van der Waals surface area contributed by atoms with Crippen molar-refractivity contribution in [3.8, 4) is 0 Å². The molecule has 1 saturated heterocycles. The zero-order chi connectivity index (χ0) is 12.4. The molecule has 2 heteroatoms. The fourth-order valence-corrected chi connectivity index (χ4v) is 3.49. The summed E-state index contributed by atoms with van der Waals surface area (Å²) in [6.45, 7) is 7.47. The standard InChI is InChI=1S/C15H21BrO/c1-4-14-13(7-8-17-14)15(16)12-6-5-10(2)11(3)9-12/h5-6,9,13-15H,4,7-8H2,1-3H3. The van der Waals surface area contributed by atoms with Crippen molar-refractivity contribution >= 4 is 15.9 Å². The summed E-state index contributed by atoms with van der Waals surface area (Å²) >= 11 is 3.87. The van der Waals surface area contributed by atoms with E-state index < -0.39 is 0 Å². The fourth-order valence-electron chi connectivity index (χ4n) is 2.60. The first-order valence-electron chi connectivity index (χ1n) is 6.46. The first-order valence-corrected chi connectivity index (χ1v) is 7.38. The van der Waals surface area contributed by atoms with Crippen molar-refractivity contribution in [1.29, 1.82) is 0 Å². The van der Waals surface area contributed by atoms with E-state index in [1.54, 1.807) is 0 Å². The van der Waals surface area contributed by atoms with Crippen LogP contribution in [0.2, 0.25) is 0 Å². The van der Waals surface area contributed by atoms with E-state index in [9.17, 15) is 0 Å². The Labute approximate surface area is 113 Å². The number of hydrogen-bond acceptors (Lipinski definition) is 1. The molecule has 0 spiro atoms. The normalized spacial score (nSPS) is 26.1. The molecular formula is C15H21BrO. The minimum Gasteiger partial charge on any atom is -0.378 e. The van der Waals surface area contributed by atoms with E-state index in [0.29, 0.717) is 16.8 Å². The Morgan fingerprint density at radius 3 is 2.76 bits per heavy atom. The van der Waals surface area contributed by atoms with Crippen LogP contribution in [0.25, 0.3) is 0 Å². The summed E-state index contributed by atoms with van der Waals surface area (Å²) in [5.74, 6) is 0.613. The van der Waals surface area contributed by atoms with Crippen LogP contribution in [0, 0.1) is 19.8 Å². The van der Waals surface area contributed by atoms with Crippen LogP contribution in [0.15, 0.2) is 18.2 Å². The highest BCUT2D eigenvalue weighted by atomic mass is 79.9. The van der Waals surface area contributed by atoms with Crippen molar-refractivity contribution in [3.05, 3.63) is 34.9 Å². The van der Waals surface area contributed by atoms with Gasteiger partial charge in [-0.15, -0.1) is 0 Å². The number of benzene rings is 1. The lowest BCUT2D eigenvalue weighted by Gasteiger charge is -2.23. The Balaban J connectivity index is 2.18. The first-order chi connectivity index (χ1) is 8.13. The van der Waals surface area contributed by atoms with Crippen molar-refractivity contribution < 1.29 is 4.74 Å². The van der Waals surface area contributed by atoms with Gasteiger partial charge in [-0.3, -0.25) is 0 Å². The number of rotatable bonds is 3. The van der Waals surface area contributed by atoms with Gasteiger partial charge in [-0.2, -0.15) is 0 Å². The average molecular weight is 297 g/mol. The summed E-state index contributed by atoms with van der Waals surface area (Å²) in [6, 6.07) is 6.77. The van der Waals surface area contributed by atoms with E-state index in [2.05, 4.69) is 54.9 Å². The van der Waals surface area contributed by atoms with Gasteiger partial charge >= 0.3 is 0 Å². The molecule has 1 aromatic rings. The van der Waals surface area contributed by atoms with E-state index in [1.807, 2.05) is 0 Å². The van der Waals surface area contributed by atoms with Crippen LogP contribution in [0.1, 0.15) is 41.3 Å². The van der Waals surface area contributed by atoms with Crippen LogP contribution in [-0.4, -0.2) is 12.7 Å². The van der Waals surface area contributed by atoms with E-state index in [-0.39, 0.29) is 0 Å². The summed E-state index contributed by atoms with van der Waals surface area (Å²) in [5.41, 5.74) is 4.13. The SMILES string of the molecule is CCC1OCCC1C(Br)c1ccc(C)c(C)c1. The van der Waals surface area contributed by atoms with Crippen molar-refractivity contribution in [3.63, 3.8) is 0 Å². The highest BCUT2D eigenvalue weighted by Crippen LogP contribution is 2.40. The molecule has 1 aromatic carbocycles. The van der Waals surface area contributed by atoms with Crippen LogP contribution in [0.4, 0.5) is 0 Å². The number of ether oxygens (including phenoxy) is 1. The van der Waals surface area contributed by atoms with Crippen molar-refractivity contribution in [2.45, 2.75) is 44.5 Å². The zero-order valence-electron chi connectivity index (χ0n) is 10.9. The molecule has 1 heterocycles. The molecule has 1 aliphatic rings. The Morgan fingerprint density at radius 1 is 1.35 bits per heavy atom. The molecule has 1 aliphatic heterocycles. The Morgan fingerprint density at radius 2 is 2.12 bits per heavy atom. The van der Waals surface area contributed by atoms with Gasteiger partial charge in [-0.05, 0) is 43.4 Å². The summed E-state index contributed by atoms with van der Waals surface area (Å²) in [7, 11) is 0. The van der Waals surface area contributed by atoms with Crippen molar-refractivity contribution in [1.82, 2.24) is 0 Å². The Hall–Kier alpha value is -0.340. The summed E-state index contributed by atoms with van der Waals surface area (Å²) in [6.07, 6.45) is 2.69. The van der Waals surface area contributed by atoms with Gasteiger partial charge in [0, 0.05) is 17.4 Å². The van der Waals surface area contributed by atoms with Crippen LogP contribution < -0.4 is 0 Å². The first kappa shape index (κ1) is 13.1. The third-order valence-electron chi connectivity index (χ3n) is 3.89. The minimum absolute atomic E-state index is 0.418. The van der Waals surface area contributed by atoms with Crippen LogP contribution in [0.3, 0.4) is 0 Å². The minimum atomic E-state index is 0.418. The smallest absolute Gasteiger partial charge is 0.0615 e. The predicted octanol–water partition coefficient (Wildman–Crippen LogP) is 4.55. The van der Waals surface area contributed by atoms with Gasteiger partial charge in [-0.1, -0.05) is 41.1 Å². The molecule has 0 N–H and O–H groups in total. The van der Waals surface area contributed by atoms with E-state index in [1.165, 1.54) is 23.1 Å². The molecule has 0 aromatic heterocycles. The molecule has 17 heavy (non-hydrogen) atoms. The van der Waals surface area contributed by atoms with E-state index in [4.69, 9.17) is 4.74 Å². The molecule has 0 radical (unpaired) electrons. The predicted molar refractivity (Wildman–Crippen MR) is 75.7 cm³/mol. The van der Waals surface area contributed by atoms with Gasteiger partial charge in [0.05, 0.1) is 6.10 Å². The quantitative estimate of drug-likeness (QED) is 0.743. The molecule has 1 fully saturated rings. The van der Waals surface area contributed by atoms with Crippen LogP contribution in [-0.2, 0) is 4.74 Å².